The van der Waals surface area contributed by atoms with Crippen molar-refractivity contribution in [3.63, 3.8) is 0 Å². The minimum atomic E-state index is -0.391. The van der Waals surface area contributed by atoms with Crippen LogP contribution in [0.3, 0.4) is 0 Å². The van der Waals surface area contributed by atoms with Crippen LogP contribution in [0.4, 0.5) is 0 Å². The first-order valence-corrected chi connectivity index (χ1v) is 6.84. The molecule has 92 valence electrons. The van der Waals surface area contributed by atoms with Crippen LogP contribution in [0.15, 0.2) is 20.8 Å². The fourth-order valence-electron chi connectivity index (χ4n) is 1.49. The quantitative estimate of drug-likeness (QED) is 0.555. The maximum Gasteiger partial charge on any atom is 0.343 e. The molecule has 3 nitrogen and oxygen atoms in total. The van der Waals surface area contributed by atoms with Crippen molar-refractivity contribution < 1.29 is 14.3 Å². The number of carbonyl (C=O) groups is 1. The Morgan fingerprint density at radius 1 is 1.65 bits per heavy atom. The summed E-state index contributed by atoms with van der Waals surface area (Å²) in [5.74, 6) is 2.46. The smallest absolute Gasteiger partial charge is 0.343 e. The van der Waals surface area contributed by atoms with Gasteiger partial charge in [0.1, 0.15) is 6.61 Å². The Balaban J connectivity index is 2.96. The molecule has 1 atom stereocenters. The van der Waals surface area contributed by atoms with Gasteiger partial charge in [-0.25, -0.2) is 4.79 Å². The molecule has 1 heterocycles. The number of cyclic esters (lactones) is 1. The molecule has 0 bridgehead atoms. The average Bonchev–Trinajstić information content (AvgIpc) is 2.60. The van der Waals surface area contributed by atoms with Crippen LogP contribution in [0.25, 0.3) is 0 Å². The van der Waals surface area contributed by atoms with Crippen LogP contribution in [-0.4, -0.2) is 18.7 Å². The third-order valence-corrected chi connectivity index (χ3v) is 3.45. The van der Waals surface area contributed by atoms with E-state index in [2.05, 4.69) is 37.8 Å². The minimum absolute atomic E-state index is 0.176. The van der Waals surface area contributed by atoms with Crippen molar-refractivity contribution in [2.75, 3.05) is 6.61 Å². The van der Waals surface area contributed by atoms with Gasteiger partial charge in [0.05, 0.1) is 16.2 Å². The number of ether oxygens (including phenoxy) is 2. The van der Waals surface area contributed by atoms with Gasteiger partial charge in [-0.2, -0.15) is 0 Å². The van der Waals surface area contributed by atoms with Crippen molar-refractivity contribution in [3.05, 3.63) is 20.8 Å². The number of allylic oxidation sites excluding steroid dienone is 1. The van der Waals surface area contributed by atoms with E-state index in [1.807, 2.05) is 6.92 Å². The number of terminal acetylenes is 1. The molecule has 0 radical (unpaired) electrons. The monoisotopic (exact) mass is 362 g/mol. The van der Waals surface area contributed by atoms with E-state index in [0.717, 1.165) is 12.8 Å². The Kier molecular flexibility index (Phi) is 5.96. The standard InChI is InChI=1S/C12H12Br2O3/c1-3-5-8(16-6-4-2)10-11(14)9(7-13)17-12(10)15/h2,7-8H,3,5-6H2,1H3/b9-7-. The number of hydrogen-bond acceptors (Lipinski definition) is 3. The topological polar surface area (TPSA) is 35.5 Å². The molecule has 5 heteroatoms. The second kappa shape index (κ2) is 7.00. The Morgan fingerprint density at radius 3 is 2.82 bits per heavy atom. The van der Waals surface area contributed by atoms with E-state index in [1.54, 1.807) is 4.99 Å². The summed E-state index contributed by atoms with van der Waals surface area (Å²) < 4.78 is 11.2. The van der Waals surface area contributed by atoms with Crippen molar-refractivity contribution in [3.8, 4) is 12.3 Å². The molecule has 1 rings (SSSR count). The molecular formula is C12H12Br2O3. The third kappa shape index (κ3) is 3.44. The second-order valence-corrected chi connectivity index (χ2v) is 4.63. The Morgan fingerprint density at radius 2 is 2.35 bits per heavy atom. The molecule has 0 fully saturated rings. The molecule has 0 aromatic rings. The van der Waals surface area contributed by atoms with E-state index >= 15 is 0 Å². The zero-order chi connectivity index (χ0) is 12.8. The van der Waals surface area contributed by atoms with Crippen molar-refractivity contribution in [2.24, 2.45) is 0 Å². The summed E-state index contributed by atoms with van der Waals surface area (Å²) in [5.41, 5.74) is 0.493. The largest absolute Gasteiger partial charge is 0.421 e. The van der Waals surface area contributed by atoms with Crippen molar-refractivity contribution in [1.82, 2.24) is 0 Å². The van der Waals surface area contributed by atoms with E-state index < -0.39 is 5.97 Å². The van der Waals surface area contributed by atoms with Crippen LogP contribution in [0.2, 0.25) is 0 Å². The van der Waals surface area contributed by atoms with Crippen LogP contribution in [0.5, 0.6) is 0 Å². The summed E-state index contributed by atoms with van der Waals surface area (Å²) in [6.07, 6.45) is 6.43. The van der Waals surface area contributed by atoms with E-state index in [0.29, 0.717) is 15.8 Å². The molecule has 0 aromatic carbocycles. The van der Waals surface area contributed by atoms with E-state index in [9.17, 15) is 4.79 Å². The van der Waals surface area contributed by atoms with Gasteiger partial charge < -0.3 is 9.47 Å². The first-order valence-electron chi connectivity index (χ1n) is 5.13. The normalized spacial score (nSPS) is 19.4. The molecule has 1 aliphatic heterocycles. The molecule has 0 saturated carbocycles. The zero-order valence-electron chi connectivity index (χ0n) is 9.33. The van der Waals surface area contributed by atoms with Gasteiger partial charge in [-0.1, -0.05) is 35.2 Å². The Bertz CT molecular complexity index is 404. The first kappa shape index (κ1) is 14.5. The number of hydrogen-bond donors (Lipinski definition) is 0. The SMILES string of the molecule is C#CCOC(CCC)C1=C(Br)/C(=C/Br)OC1=O. The van der Waals surface area contributed by atoms with E-state index in [-0.39, 0.29) is 12.7 Å². The lowest BCUT2D eigenvalue weighted by molar-refractivity contribution is -0.134. The predicted octanol–water partition coefficient (Wildman–Crippen LogP) is 3.25. The minimum Gasteiger partial charge on any atom is -0.421 e. The van der Waals surface area contributed by atoms with Crippen molar-refractivity contribution in [2.45, 2.75) is 25.9 Å². The summed E-state index contributed by atoms with van der Waals surface area (Å²) in [6, 6.07) is 0. The van der Waals surface area contributed by atoms with Gasteiger partial charge in [-0.3, -0.25) is 0 Å². The Labute approximate surface area is 117 Å². The van der Waals surface area contributed by atoms with Crippen molar-refractivity contribution >= 4 is 37.8 Å². The molecular weight excluding hydrogens is 352 g/mol. The fraction of sp³-hybridized carbons (Fsp3) is 0.417. The maximum atomic E-state index is 11.7. The van der Waals surface area contributed by atoms with E-state index in [1.165, 1.54) is 0 Å². The lowest BCUT2D eigenvalue weighted by Gasteiger charge is -2.15. The number of esters is 1. The Hall–Kier alpha value is -0.570. The van der Waals surface area contributed by atoms with Crippen molar-refractivity contribution in [1.29, 1.82) is 0 Å². The molecule has 1 aliphatic rings. The van der Waals surface area contributed by atoms with Gasteiger partial charge in [0, 0.05) is 4.99 Å². The van der Waals surface area contributed by atoms with Gasteiger partial charge >= 0.3 is 5.97 Å². The van der Waals surface area contributed by atoms with Gasteiger partial charge in [-0.15, -0.1) is 6.42 Å². The summed E-state index contributed by atoms with van der Waals surface area (Å²) in [5, 5.41) is 0. The first-order chi connectivity index (χ1) is 8.15. The van der Waals surface area contributed by atoms with Crippen LogP contribution < -0.4 is 0 Å². The maximum absolute atomic E-state index is 11.7. The lowest BCUT2D eigenvalue weighted by atomic mass is 10.1. The predicted molar refractivity (Wildman–Crippen MR) is 72.5 cm³/mol. The number of rotatable bonds is 5. The number of carbonyl (C=O) groups excluding carboxylic acids is 1. The molecule has 0 aliphatic carbocycles. The summed E-state index contributed by atoms with van der Waals surface area (Å²) in [4.78, 5) is 13.3. The van der Waals surface area contributed by atoms with Gasteiger partial charge in [-0.05, 0) is 22.4 Å². The van der Waals surface area contributed by atoms with Gasteiger partial charge in [0.2, 0.25) is 0 Å². The molecule has 0 N–H and O–H groups in total. The highest BCUT2D eigenvalue weighted by Gasteiger charge is 2.34. The summed E-state index contributed by atoms with van der Waals surface area (Å²) in [7, 11) is 0. The highest BCUT2D eigenvalue weighted by Crippen LogP contribution is 2.35. The molecule has 1 unspecified atom stereocenters. The van der Waals surface area contributed by atoms with Gasteiger partial charge in [0.25, 0.3) is 0 Å². The highest BCUT2D eigenvalue weighted by molar-refractivity contribution is 9.12. The molecule has 0 spiro atoms. The van der Waals surface area contributed by atoms with Crippen LogP contribution >= 0.6 is 31.9 Å². The van der Waals surface area contributed by atoms with Gasteiger partial charge in [0.15, 0.2) is 5.76 Å². The average molecular weight is 364 g/mol. The highest BCUT2D eigenvalue weighted by atomic mass is 79.9. The second-order valence-electron chi connectivity index (χ2n) is 3.38. The summed E-state index contributed by atoms with van der Waals surface area (Å²) in [6.45, 7) is 2.19. The fourth-order valence-corrected chi connectivity index (χ4v) is 2.73. The van der Waals surface area contributed by atoms with Crippen LogP contribution in [-0.2, 0) is 14.3 Å². The molecule has 0 amide bonds. The zero-order valence-corrected chi connectivity index (χ0v) is 12.5. The number of halogens is 2. The van der Waals surface area contributed by atoms with E-state index in [4.69, 9.17) is 15.9 Å². The van der Waals surface area contributed by atoms with Crippen LogP contribution in [0, 0.1) is 12.3 Å². The van der Waals surface area contributed by atoms with Crippen LogP contribution in [0.1, 0.15) is 19.8 Å². The lowest BCUT2D eigenvalue weighted by Crippen LogP contribution is -2.20. The molecule has 17 heavy (non-hydrogen) atoms. The molecule has 0 aromatic heterocycles. The molecule has 0 saturated heterocycles. The third-order valence-electron chi connectivity index (χ3n) is 2.22. The summed E-state index contributed by atoms with van der Waals surface area (Å²) >= 11 is 6.47.